The molecule has 3 rings (SSSR count). The number of aromatic nitrogens is 1. The van der Waals surface area contributed by atoms with E-state index in [0.29, 0.717) is 13.0 Å². The number of amides is 1. The molecule has 0 spiro atoms. The van der Waals surface area contributed by atoms with Crippen LogP contribution in [0.4, 0.5) is 9.18 Å². The largest absolute Gasteiger partial charge is 0.483 e. The third-order valence-corrected chi connectivity index (χ3v) is 5.62. The summed E-state index contributed by atoms with van der Waals surface area (Å²) in [7, 11) is 0. The summed E-state index contributed by atoms with van der Waals surface area (Å²) in [4.78, 5) is 19.5. The van der Waals surface area contributed by atoms with Gasteiger partial charge in [0.2, 0.25) is 0 Å². The Morgan fingerprint density at radius 1 is 1.48 bits per heavy atom. The van der Waals surface area contributed by atoms with Gasteiger partial charge in [0.25, 0.3) is 0 Å². The summed E-state index contributed by atoms with van der Waals surface area (Å²) in [5.74, 6) is -0.246. The molecule has 1 fully saturated rings. The quantitative estimate of drug-likeness (QED) is 0.639. The van der Waals surface area contributed by atoms with Crippen LogP contribution in [-0.4, -0.2) is 40.0 Å². The highest BCUT2D eigenvalue weighted by molar-refractivity contribution is 7.09. The monoisotopic (exact) mass is 447 g/mol. The molecule has 0 bridgehead atoms. The molecule has 1 saturated heterocycles. The molecule has 0 N–H and O–H groups in total. The van der Waals surface area contributed by atoms with Crippen LogP contribution in [0.15, 0.2) is 29.9 Å². The summed E-state index contributed by atoms with van der Waals surface area (Å²) in [5.41, 5.74) is 0.284. The molecular formula is C22H26FN3O4S. The maximum absolute atomic E-state index is 13.5. The van der Waals surface area contributed by atoms with Crippen LogP contribution < -0.4 is 4.74 Å². The van der Waals surface area contributed by atoms with Crippen molar-refractivity contribution in [3.63, 3.8) is 0 Å². The first-order valence-electron chi connectivity index (χ1n) is 9.91. The molecule has 9 heteroatoms. The lowest BCUT2D eigenvalue weighted by Gasteiger charge is -2.36. The number of nitriles is 1. The Morgan fingerprint density at radius 3 is 2.84 bits per heavy atom. The van der Waals surface area contributed by atoms with E-state index in [4.69, 9.17) is 14.2 Å². The van der Waals surface area contributed by atoms with Crippen molar-refractivity contribution in [1.29, 1.82) is 5.26 Å². The first kappa shape index (κ1) is 23.0. The lowest BCUT2D eigenvalue weighted by atomic mass is 10.1. The maximum atomic E-state index is 13.5. The normalized spacial score (nSPS) is 19.0. The summed E-state index contributed by atoms with van der Waals surface area (Å²) in [6.45, 7) is 9.36. The van der Waals surface area contributed by atoms with Gasteiger partial charge in [-0.05, 0) is 52.8 Å². The number of ether oxygens (including phenoxy) is 3. The molecule has 1 aliphatic rings. The molecule has 7 nitrogen and oxygen atoms in total. The van der Waals surface area contributed by atoms with Gasteiger partial charge < -0.3 is 14.2 Å². The van der Waals surface area contributed by atoms with E-state index in [0.717, 1.165) is 10.9 Å². The number of halogens is 1. The summed E-state index contributed by atoms with van der Waals surface area (Å²) >= 11 is 1.40. The molecular weight excluding hydrogens is 421 g/mol. The van der Waals surface area contributed by atoms with Gasteiger partial charge >= 0.3 is 6.09 Å². The Labute approximate surface area is 185 Å². The highest BCUT2D eigenvalue weighted by Crippen LogP contribution is 2.37. The minimum atomic E-state index is -0.848. The second-order valence-corrected chi connectivity index (χ2v) is 9.68. The maximum Gasteiger partial charge on any atom is 0.412 e. The van der Waals surface area contributed by atoms with Crippen molar-refractivity contribution >= 4 is 17.4 Å². The second-order valence-electron chi connectivity index (χ2n) is 8.76. The van der Waals surface area contributed by atoms with E-state index in [-0.39, 0.29) is 17.4 Å². The Balaban J connectivity index is 1.88. The Bertz CT molecular complexity index is 966. The van der Waals surface area contributed by atoms with E-state index in [9.17, 15) is 14.4 Å². The van der Waals surface area contributed by atoms with Crippen molar-refractivity contribution in [2.45, 2.75) is 64.5 Å². The summed E-state index contributed by atoms with van der Waals surface area (Å²) in [5, 5.41) is 9.37. The second kappa shape index (κ2) is 8.81. The Kier molecular flexibility index (Phi) is 6.53. The number of carbonyl (C=O) groups excluding carboxylic acids is 1. The van der Waals surface area contributed by atoms with Crippen molar-refractivity contribution in [3.8, 4) is 11.8 Å². The predicted octanol–water partition coefficient (Wildman–Crippen LogP) is 5.04. The zero-order valence-electron chi connectivity index (χ0n) is 18.2. The third-order valence-electron chi connectivity index (χ3n) is 4.75. The van der Waals surface area contributed by atoms with E-state index < -0.39 is 29.3 Å². The van der Waals surface area contributed by atoms with E-state index in [1.807, 2.05) is 40.7 Å². The van der Waals surface area contributed by atoms with Gasteiger partial charge in [-0.1, -0.05) is 0 Å². The molecule has 2 heterocycles. The Morgan fingerprint density at radius 2 is 2.23 bits per heavy atom. The van der Waals surface area contributed by atoms with Crippen LogP contribution in [0.5, 0.6) is 5.75 Å². The third kappa shape index (κ3) is 5.51. The molecule has 0 aliphatic carbocycles. The highest BCUT2D eigenvalue weighted by Gasteiger charge is 2.46. The predicted molar refractivity (Wildman–Crippen MR) is 113 cm³/mol. The van der Waals surface area contributed by atoms with Crippen LogP contribution >= 0.6 is 11.3 Å². The number of carbonyl (C=O) groups is 1. The number of hydrogen-bond acceptors (Lipinski definition) is 7. The lowest BCUT2D eigenvalue weighted by Crippen LogP contribution is -2.50. The first-order chi connectivity index (χ1) is 14.5. The number of rotatable bonds is 5. The minimum Gasteiger partial charge on any atom is -0.483 e. The minimum absolute atomic E-state index is 0.0986. The van der Waals surface area contributed by atoms with Gasteiger partial charge in [0.15, 0.2) is 0 Å². The van der Waals surface area contributed by atoms with Gasteiger partial charge in [-0.2, -0.15) is 5.26 Å². The van der Waals surface area contributed by atoms with Crippen LogP contribution in [0.2, 0.25) is 0 Å². The SMILES string of the molecule is CC(C)(C)OC(=O)N1[C@@H](C[C@@H](Oc2ccc(F)cc2C#N)c2cncs2)COC1(C)C. The molecule has 0 saturated carbocycles. The summed E-state index contributed by atoms with van der Waals surface area (Å²) in [6.07, 6.45) is 1.08. The van der Waals surface area contributed by atoms with Crippen molar-refractivity contribution in [2.24, 2.45) is 0 Å². The average molecular weight is 448 g/mol. The van der Waals surface area contributed by atoms with Crippen LogP contribution in [0.3, 0.4) is 0 Å². The number of hydrogen-bond donors (Lipinski definition) is 0. The van der Waals surface area contributed by atoms with Crippen molar-refractivity contribution in [2.75, 3.05) is 6.61 Å². The molecule has 1 aromatic heterocycles. The molecule has 1 aliphatic heterocycles. The fourth-order valence-corrected chi connectivity index (χ4v) is 4.10. The van der Waals surface area contributed by atoms with E-state index in [1.54, 1.807) is 16.6 Å². The molecule has 2 aromatic rings. The van der Waals surface area contributed by atoms with Crippen LogP contribution in [0, 0.1) is 17.1 Å². The lowest BCUT2D eigenvalue weighted by molar-refractivity contribution is -0.0635. The van der Waals surface area contributed by atoms with Gasteiger partial charge in [0.1, 0.15) is 35.1 Å². The fraction of sp³-hybridized carbons (Fsp3) is 0.500. The van der Waals surface area contributed by atoms with Gasteiger partial charge in [-0.25, -0.2) is 9.18 Å². The van der Waals surface area contributed by atoms with Gasteiger partial charge in [-0.15, -0.1) is 11.3 Å². The molecule has 0 unspecified atom stereocenters. The zero-order chi connectivity index (χ0) is 22.8. The molecule has 2 atom stereocenters. The van der Waals surface area contributed by atoms with Crippen molar-refractivity contribution in [3.05, 3.63) is 46.2 Å². The fourth-order valence-electron chi connectivity index (χ4n) is 3.44. The summed E-state index contributed by atoms with van der Waals surface area (Å²) in [6, 6.07) is 5.44. The van der Waals surface area contributed by atoms with Gasteiger partial charge in [0, 0.05) is 12.6 Å². The van der Waals surface area contributed by atoms with Crippen molar-refractivity contribution < 1.29 is 23.4 Å². The smallest absolute Gasteiger partial charge is 0.412 e. The van der Waals surface area contributed by atoms with Crippen molar-refractivity contribution in [1.82, 2.24) is 9.88 Å². The van der Waals surface area contributed by atoms with Crippen LogP contribution in [-0.2, 0) is 9.47 Å². The number of benzene rings is 1. The first-order valence-corrected chi connectivity index (χ1v) is 10.8. The molecule has 31 heavy (non-hydrogen) atoms. The molecule has 0 radical (unpaired) electrons. The molecule has 1 amide bonds. The van der Waals surface area contributed by atoms with Crippen LogP contribution in [0.25, 0.3) is 0 Å². The number of thiazole rings is 1. The number of nitrogens with zero attached hydrogens (tertiary/aromatic N) is 3. The Hall–Kier alpha value is -2.70. The molecule has 1 aromatic carbocycles. The molecule has 166 valence electrons. The van der Waals surface area contributed by atoms with Gasteiger partial charge in [0.05, 0.1) is 28.6 Å². The van der Waals surface area contributed by atoms with E-state index in [2.05, 4.69) is 4.98 Å². The highest BCUT2D eigenvalue weighted by atomic mass is 32.1. The topological polar surface area (TPSA) is 84.7 Å². The van der Waals surface area contributed by atoms with E-state index in [1.165, 1.54) is 23.5 Å². The van der Waals surface area contributed by atoms with Gasteiger partial charge in [-0.3, -0.25) is 9.88 Å². The standard InChI is InChI=1S/C22H26FN3O4S/c1-21(2,3)30-20(27)26-16(12-28-22(26,4)5)9-18(19-11-25-13-31-19)29-17-7-6-15(23)8-14(17)10-24/h6-8,11,13,16,18H,9,12H2,1-5H3/t16-,18+/m0/s1. The van der Waals surface area contributed by atoms with Crippen LogP contribution in [0.1, 0.15) is 57.6 Å². The summed E-state index contributed by atoms with van der Waals surface area (Å²) < 4.78 is 31.2. The zero-order valence-corrected chi connectivity index (χ0v) is 19.0. The average Bonchev–Trinajstić information content (AvgIpc) is 3.28. The van der Waals surface area contributed by atoms with E-state index >= 15 is 0 Å².